The van der Waals surface area contributed by atoms with Gasteiger partial charge in [-0.1, -0.05) is 36.4 Å². The Morgan fingerprint density at radius 1 is 1.19 bits per heavy atom. The van der Waals surface area contributed by atoms with Crippen LogP contribution in [-0.4, -0.2) is 5.78 Å². The smallest absolute Gasteiger partial charge is 0.154 e. The van der Waals surface area contributed by atoms with Crippen LogP contribution in [0.4, 0.5) is 4.39 Å². The van der Waals surface area contributed by atoms with E-state index >= 15 is 0 Å². The Kier molecular flexibility index (Phi) is 4.84. The number of hydrogen-bond donors (Lipinski definition) is 0. The Morgan fingerprint density at radius 2 is 1.86 bits per heavy atom. The van der Waals surface area contributed by atoms with Crippen molar-refractivity contribution < 1.29 is 9.18 Å². The number of ketones is 1. The average molecular weight is 281 g/mol. The molecule has 0 N–H and O–H groups in total. The summed E-state index contributed by atoms with van der Waals surface area (Å²) in [6.07, 6.45) is 0.922. The second-order valence-corrected chi connectivity index (χ2v) is 5.01. The monoisotopic (exact) mass is 281 g/mol. The third-order valence-electron chi connectivity index (χ3n) is 3.56. The zero-order valence-corrected chi connectivity index (χ0v) is 11.8. The van der Waals surface area contributed by atoms with E-state index in [0.29, 0.717) is 18.4 Å². The molecule has 0 aliphatic heterocycles. The summed E-state index contributed by atoms with van der Waals surface area (Å²) in [6.45, 7) is 2.00. The van der Waals surface area contributed by atoms with Gasteiger partial charge in [0.1, 0.15) is 11.7 Å². The number of hydrogen-bond acceptors (Lipinski definition) is 2. The van der Waals surface area contributed by atoms with Crippen LogP contribution in [0, 0.1) is 24.1 Å². The van der Waals surface area contributed by atoms with Crippen molar-refractivity contribution in [3.8, 4) is 6.07 Å². The van der Waals surface area contributed by atoms with Crippen molar-refractivity contribution in [2.24, 2.45) is 0 Å². The average Bonchev–Trinajstić information content (AvgIpc) is 2.49. The SMILES string of the molecule is Cc1ccccc1CCC(=O)C(C#N)c1ccc(F)cc1. The molecule has 0 heterocycles. The van der Waals surface area contributed by atoms with Gasteiger partial charge in [-0.2, -0.15) is 5.26 Å². The van der Waals surface area contributed by atoms with E-state index in [1.54, 1.807) is 0 Å². The highest BCUT2D eigenvalue weighted by Crippen LogP contribution is 2.20. The minimum Gasteiger partial charge on any atom is -0.298 e. The van der Waals surface area contributed by atoms with Gasteiger partial charge in [0.15, 0.2) is 5.78 Å². The standard InChI is InChI=1S/C18H16FNO/c1-13-4-2-3-5-14(13)8-11-18(21)17(12-20)15-6-9-16(19)10-7-15/h2-7,9-10,17H,8,11H2,1H3. The van der Waals surface area contributed by atoms with Crippen molar-refractivity contribution in [3.05, 3.63) is 71.0 Å². The lowest BCUT2D eigenvalue weighted by molar-refractivity contribution is -0.119. The summed E-state index contributed by atoms with van der Waals surface area (Å²) in [5, 5.41) is 9.21. The van der Waals surface area contributed by atoms with Crippen molar-refractivity contribution in [2.45, 2.75) is 25.7 Å². The first kappa shape index (κ1) is 14.9. The van der Waals surface area contributed by atoms with E-state index in [1.165, 1.54) is 24.3 Å². The molecule has 1 unspecified atom stereocenters. The lowest BCUT2D eigenvalue weighted by atomic mass is 9.92. The van der Waals surface area contributed by atoms with Crippen LogP contribution in [0.15, 0.2) is 48.5 Å². The number of nitriles is 1. The van der Waals surface area contributed by atoms with Crippen molar-refractivity contribution in [1.29, 1.82) is 5.26 Å². The van der Waals surface area contributed by atoms with Crippen molar-refractivity contribution in [1.82, 2.24) is 0 Å². The number of benzene rings is 2. The highest BCUT2D eigenvalue weighted by molar-refractivity contribution is 5.88. The van der Waals surface area contributed by atoms with Crippen LogP contribution < -0.4 is 0 Å². The van der Waals surface area contributed by atoms with Crippen LogP contribution in [0.5, 0.6) is 0 Å². The van der Waals surface area contributed by atoms with Gasteiger partial charge < -0.3 is 0 Å². The fourth-order valence-electron chi connectivity index (χ4n) is 2.28. The Hall–Kier alpha value is -2.47. The Bertz CT molecular complexity index is 670. The molecule has 0 spiro atoms. The number of nitrogens with zero attached hydrogens (tertiary/aromatic N) is 1. The molecule has 0 bridgehead atoms. The third-order valence-corrected chi connectivity index (χ3v) is 3.56. The normalized spacial score (nSPS) is 11.7. The topological polar surface area (TPSA) is 40.9 Å². The summed E-state index contributed by atoms with van der Waals surface area (Å²) in [4.78, 5) is 12.2. The maximum atomic E-state index is 12.9. The number of halogens is 1. The fourth-order valence-corrected chi connectivity index (χ4v) is 2.28. The van der Waals surface area contributed by atoms with Crippen LogP contribution in [0.2, 0.25) is 0 Å². The van der Waals surface area contributed by atoms with Crippen LogP contribution in [0.3, 0.4) is 0 Å². The predicted molar refractivity (Wildman–Crippen MR) is 79.3 cm³/mol. The summed E-state index contributed by atoms with van der Waals surface area (Å²) in [5.74, 6) is -1.33. The molecule has 0 aromatic heterocycles. The molecular formula is C18H16FNO. The van der Waals surface area contributed by atoms with Gasteiger partial charge in [-0.25, -0.2) is 4.39 Å². The van der Waals surface area contributed by atoms with Gasteiger partial charge in [0, 0.05) is 6.42 Å². The second kappa shape index (κ2) is 6.81. The highest BCUT2D eigenvalue weighted by atomic mass is 19.1. The highest BCUT2D eigenvalue weighted by Gasteiger charge is 2.19. The van der Waals surface area contributed by atoms with E-state index in [0.717, 1.165) is 11.1 Å². The van der Waals surface area contributed by atoms with E-state index in [9.17, 15) is 14.4 Å². The minimum absolute atomic E-state index is 0.132. The molecule has 2 nitrogen and oxygen atoms in total. The van der Waals surface area contributed by atoms with Crippen LogP contribution >= 0.6 is 0 Å². The number of aryl methyl sites for hydroxylation is 2. The van der Waals surface area contributed by atoms with Crippen molar-refractivity contribution >= 4 is 5.78 Å². The molecule has 0 saturated carbocycles. The first-order chi connectivity index (χ1) is 10.1. The summed E-state index contributed by atoms with van der Waals surface area (Å²) in [7, 11) is 0. The molecule has 0 fully saturated rings. The number of Topliss-reactive ketones (excluding diaryl/α,β-unsaturated/α-hetero) is 1. The maximum Gasteiger partial charge on any atom is 0.154 e. The summed E-state index contributed by atoms with van der Waals surface area (Å²) in [5.41, 5.74) is 2.80. The Balaban J connectivity index is 2.06. The first-order valence-electron chi connectivity index (χ1n) is 6.84. The zero-order valence-electron chi connectivity index (χ0n) is 11.8. The molecule has 2 aromatic carbocycles. The molecule has 0 aliphatic carbocycles. The van der Waals surface area contributed by atoms with E-state index < -0.39 is 5.92 Å². The molecule has 0 aliphatic rings. The molecule has 0 radical (unpaired) electrons. The largest absolute Gasteiger partial charge is 0.298 e. The summed E-state index contributed by atoms with van der Waals surface area (Å²) in [6, 6.07) is 15.4. The van der Waals surface area contributed by atoms with Gasteiger partial charge in [-0.15, -0.1) is 0 Å². The third kappa shape index (κ3) is 3.76. The molecule has 0 saturated heterocycles. The van der Waals surface area contributed by atoms with E-state index in [1.807, 2.05) is 37.3 Å². The molecule has 1 atom stereocenters. The number of carbonyl (C=O) groups excluding carboxylic acids is 1. The van der Waals surface area contributed by atoms with E-state index in [-0.39, 0.29) is 11.6 Å². The van der Waals surface area contributed by atoms with Gasteiger partial charge in [0.2, 0.25) is 0 Å². The minimum atomic E-state index is -0.824. The Labute approximate surface area is 123 Å². The van der Waals surface area contributed by atoms with Gasteiger partial charge in [-0.05, 0) is 42.2 Å². The molecule has 3 heteroatoms. The lowest BCUT2D eigenvalue weighted by Gasteiger charge is -2.09. The first-order valence-corrected chi connectivity index (χ1v) is 6.84. The molecular weight excluding hydrogens is 265 g/mol. The van der Waals surface area contributed by atoms with Crippen LogP contribution in [-0.2, 0) is 11.2 Å². The molecule has 2 aromatic rings. The van der Waals surface area contributed by atoms with Gasteiger partial charge in [0.25, 0.3) is 0 Å². The van der Waals surface area contributed by atoms with Crippen LogP contribution in [0.25, 0.3) is 0 Å². The number of carbonyl (C=O) groups is 1. The van der Waals surface area contributed by atoms with Crippen molar-refractivity contribution in [3.63, 3.8) is 0 Å². The Morgan fingerprint density at radius 3 is 2.48 bits per heavy atom. The zero-order chi connectivity index (χ0) is 15.2. The molecule has 2 rings (SSSR count). The molecule has 106 valence electrons. The van der Waals surface area contributed by atoms with E-state index in [4.69, 9.17) is 0 Å². The molecule has 21 heavy (non-hydrogen) atoms. The van der Waals surface area contributed by atoms with Gasteiger partial charge >= 0.3 is 0 Å². The maximum absolute atomic E-state index is 12.9. The predicted octanol–water partition coefficient (Wildman–Crippen LogP) is 3.94. The van der Waals surface area contributed by atoms with Crippen LogP contribution in [0.1, 0.15) is 29.0 Å². The number of rotatable bonds is 5. The second-order valence-electron chi connectivity index (χ2n) is 5.01. The van der Waals surface area contributed by atoms with Gasteiger partial charge in [0.05, 0.1) is 6.07 Å². The fraction of sp³-hybridized carbons (Fsp3) is 0.222. The van der Waals surface area contributed by atoms with E-state index in [2.05, 4.69) is 0 Å². The summed E-state index contributed by atoms with van der Waals surface area (Å²) >= 11 is 0. The molecule has 0 amide bonds. The van der Waals surface area contributed by atoms with Crippen molar-refractivity contribution in [2.75, 3.05) is 0 Å². The summed E-state index contributed by atoms with van der Waals surface area (Å²) < 4.78 is 12.9. The van der Waals surface area contributed by atoms with Gasteiger partial charge in [-0.3, -0.25) is 4.79 Å². The lowest BCUT2D eigenvalue weighted by Crippen LogP contribution is -2.12. The quantitative estimate of drug-likeness (QED) is 0.832.